The molecule has 0 heterocycles. The first-order valence-electron chi connectivity index (χ1n) is 8.47. The summed E-state index contributed by atoms with van der Waals surface area (Å²) in [5.41, 5.74) is 0. The standard InChI is InChI=1S/C16H32N4O2.HI/c1-4-17-16(19-13-15(21)20(2)3)18-11-8-12-22-14-9-6-5-7-10-14;/h14H,4-13H2,1-3H3,(H2,17,18,19);1H. The molecule has 1 fully saturated rings. The van der Waals surface area contributed by atoms with Gasteiger partial charge in [0.15, 0.2) is 5.96 Å². The van der Waals surface area contributed by atoms with E-state index in [1.807, 2.05) is 6.92 Å². The minimum absolute atomic E-state index is 0. The van der Waals surface area contributed by atoms with Crippen molar-refractivity contribution in [2.45, 2.75) is 51.6 Å². The molecule has 0 radical (unpaired) electrons. The van der Waals surface area contributed by atoms with E-state index in [4.69, 9.17) is 4.74 Å². The molecule has 1 aliphatic rings. The molecule has 0 atom stereocenters. The predicted octanol–water partition coefficient (Wildman–Crippen LogP) is 1.99. The van der Waals surface area contributed by atoms with Gasteiger partial charge in [0.1, 0.15) is 6.54 Å². The second-order valence-electron chi connectivity index (χ2n) is 5.89. The van der Waals surface area contributed by atoms with Crippen LogP contribution >= 0.6 is 24.0 Å². The molecule has 1 amide bonds. The number of ether oxygens (including phenoxy) is 1. The lowest BCUT2D eigenvalue weighted by Crippen LogP contribution is -2.39. The van der Waals surface area contributed by atoms with Gasteiger partial charge in [-0.25, -0.2) is 4.99 Å². The van der Waals surface area contributed by atoms with Gasteiger partial charge < -0.3 is 20.3 Å². The molecule has 0 aliphatic heterocycles. The maximum absolute atomic E-state index is 11.5. The van der Waals surface area contributed by atoms with Crippen LogP contribution in [0.2, 0.25) is 0 Å². The SMILES string of the molecule is CCNC(=NCC(=O)N(C)C)NCCCOC1CCCCC1.I. The van der Waals surface area contributed by atoms with Crippen LogP contribution < -0.4 is 10.6 Å². The van der Waals surface area contributed by atoms with Gasteiger partial charge in [0, 0.05) is 33.8 Å². The zero-order valence-corrected chi connectivity index (χ0v) is 17.1. The van der Waals surface area contributed by atoms with Gasteiger partial charge in [-0.15, -0.1) is 24.0 Å². The van der Waals surface area contributed by atoms with Gasteiger partial charge >= 0.3 is 0 Å². The number of amides is 1. The van der Waals surface area contributed by atoms with Crippen molar-refractivity contribution in [1.29, 1.82) is 0 Å². The van der Waals surface area contributed by atoms with Crippen molar-refractivity contribution in [2.24, 2.45) is 4.99 Å². The molecule has 0 spiro atoms. The summed E-state index contributed by atoms with van der Waals surface area (Å²) < 4.78 is 5.89. The molecular formula is C16H33IN4O2. The van der Waals surface area contributed by atoms with Gasteiger partial charge in [-0.3, -0.25) is 4.79 Å². The Bertz CT molecular complexity index is 345. The number of hydrogen-bond acceptors (Lipinski definition) is 3. The van der Waals surface area contributed by atoms with E-state index in [1.54, 1.807) is 19.0 Å². The number of rotatable bonds is 8. The first-order valence-corrected chi connectivity index (χ1v) is 8.47. The molecule has 136 valence electrons. The molecule has 1 rings (SSSR count). The van der Waals surface area contributed by atoms with Crippen molar-refractivity contribution >= 4 is 35.8 Å². The second kappa shape index (κ2) is 13.8. The van der Waals surface area contributed by atoms with Crippen LogP contribution in [0.25, 0.3) is 0 Å². The van der Waals surface area contributed by atoms with E-state index in [0.717, 1.165) is 26.1 Å². The molecule has 0 saturated heterocycles. The quantitative estimate of drug-likeness (QED) is 0.262. The fraction of sp³-hybridized carbons (Fsp3) is 0.875. The molecule has 0 aromatic carbocycles. The molecule has 0 aromatic rings. The number of carbonyl (C=O) groups is 1. The minimum atomic E-state index is -0.00200. The lowest BCUT2D eigenvalue weighted by atomic mass is 9.98. The Kier molecular flexibility index (Phi) is 13.5. The normalized spacial score (nSPS) is 15.7. The Balaban J connectivity index is 0.00000484. The largest absolute Gasteiger partial charge is 0.378 e. The fourth-order valence-electron chi connectivity index (χ4n) is 2.39. The molecule has 0 bridgehead atoms. The summed E-state index contributed by atoms with van der Waals surface area (Å²) in [6.07, 6.45) is 7.81. The highest BCUT2D eigenvalue weighted by Gasteiger charge is 2.13. The van der Waals surface area contributed by atoms with Crippen LogP contribution in [0.4, 0.5) is 0 Å². The molecule has 7 heteroatoms. The number of likely N-dealkylation sites (N-methyl/N-ethyl adjacent to an activating group) is 1. The summed E-state index contributed by atoms with van der Waals surface area (Å²) in [7, 11) is 3.47. The van der Waals surface area contributed by atoms with Crippen LogP contribution in [-0.2, 0) is 9.53 Å². The molecule has 2 N–H and O–H groups in total. The molecule has 0 unspecified atom stereocenters. The third-order valence-electron chi connectivity index (χ3n) is 3.73. The number of aliphatic imine (C=N–C) groups is 1. The molecule has 23 heavy (non-hydrogen) atoms. The van der Waals surface area contributed by atoms with Crippen LogP contribution in [0.3, 0.4) is 0 Å². The highest BCUT2D eigenvalue weighted by molar-refractivity contribution is 14.0. The van der Waals surface area contributed by atoms with Crippen molar-refractivity contribution in [3.05, 3.63) is 0 Å². The second-order valence-corrected chi connectivity index (χ2v) is 5.89. The van der Waals surface area contributed by atoms with Crippen molar-refractivity contribution < 1.29 is 9.53 Å². The summed E-state index contributed by atoms with van der Waals surface area (Å²) in [5, 5.41) is 6.39. The van der Waals surface area contributed by atoms with Gasteiger partial charge in [-0.2, -0.15) is 0 Å². The number of hydrogen-bond donors (Lipinski definition) is 2. The summed E-state index contributed by atoms with van der Waals surface area (Å²) in [5.74, 6) is 0.688. The Labute approximate surface area is 157 Å². The number of halogens is 1. The van der Waals surface area contributed by atoms with E-state index in [9.17, 15) is 4.79 Å². The molecular weight excluding hydrogens is 407 g/mol. The number of guanidine groups is 1. The summed E-state index contributed by atoms with van der Waals surface area (Å²) >= 11 is 0. The third-order valence-corrected chi connectivity index (χ3v) is 3.73. The monoisotopic (exact) mass is 440 g/mol. The average molecular weight is 440 g/mol. The van der Waals surface area contributed by atoms with E-state index >= 15 is 0 Å². The van der Waals surface area contributed by atoms with Gasteiger partial charge in [0.05, 0.1) is 6.10 Å². The Morgan fingerprint density at radius 2 is 1.91 bits per heavy atom. The van der Waals surface area contributed by atoms with E-state index in [2.05, 4.69) is 15.6 Å². The summed E-state index contributed by atoms with van der Waals surface area (Å²) in [4.78, 5) is 17.4. The van der Waals surface area contributed by atoms with Crippen LogP contribution in [0.1, 0.15) is 45.4 Å². The van der Waals surface area contributed by atoms with E-state index in [-0.39, 0.29) is 36.4 Å². The highest BCUT2D eigenvalue weighted by Crippen LogP contribution is 2.20. The lowest BCUT2D eigenvalue weighted by Gasteiger charge is -2.22. The van der Waals surface area contributed by atoms with Crippen LogP contribution in [0, 0.1) is 0 Å². The van der Waals surface area contributed by atoms with E-state index < -0.39 is 0 Å². The minimum Gasteiger partial charge on any atom is -0.378 e. The maximum atomic E-state index is 11.5. The molecule has 6 nitrogen and oxygen atoms in total. The Morgan fingerprint density at radius 3 is 2.52 bits per heavy atom. The van der Waals surface area contributed by atoms with Crippen LogP contribution in [-0.4, -0.2) is 63.2 Å². The fourth-order valence-corrected chi connectivity index (χ4v) is 2.39. The molecule has 1 saturated carbocycles. The van der Waals surface area contributed by atoms with Crippen LogP contribution in [0.5, 0.6) is 0 Å². The average Bonchev–Trinajstić information content (AvgIpc) is 2.52. The molecule has 1 aliphatic carbocycles. The van der Waals surface area contributed by atoms with E-state index in [1.165, 1.54) is 32.1 Å². The van der Waals surface area contributed by atoms with Crippen molar-refractivity contribution in [3.8, 4) is 0 Å². The predicted molar refractivity (Wildman–Crippen MR) is 106 cm³/mol. The zero-order chi connectivity index (χ0) is 16.2. The highest BCUT2D eigenvalue weighted by atomic mass is 127. The topological polar surface area (TPSA) is 66.0 Å². The van der Waals surface area contributed by atoms with E-state index in [0.29, 0.717) is 12.1 Å². The maximum Gasteiger partial charge on any atom is 0.243 e. The summed E-state index contributed by atoms with van der Waals surface area (Å²) in [6, 6.07) is 0. The van der Waals surface area contributed by atoms with Gasteiger partial charge in [-0.1, -0.05) is 19.3 Å². The Hall–Kier alpha value is -0.570. The number of carbonyl (C=O) groups excluding carboxylic acids is 1. The first-order chi connectivity index (χ1) is 10.6. The van der Waals surface area contributed by atoms with Crippen molar-refractivity contribution in [2.75, 3.05) is 40.3 Å². The lowest BCUT2D eigenvalue weighted by molar-refractivity contribution is -0.127. The van der Waals surface area contributed by atoms with Gasteiger partial charge in [0.2, 0.25) is 5.91 Å². The Morgan fingerprint density at radius 1 is 1.22 bits per heavy atom. The molecule has 0 aromatic heterocycles. The van der Waals surface area contributed by atoms with Crippen molar-refractivity contribution in [3.63, 3.8) is 0 Å². The first kappa shape index (κ1) is 22.4. The number of nitrogens with one attached hydrogen (secondary N) is 2. The summed E-state index contributed by atoms with van der Waals surface area (Å²) in [6.45, 7) is 4.54. The van der Waals surface area contributed by atoms with Crippen LogP contribution in [0.15, 0.2) is 4.99 Å². The zero-order valence-electron chi connectivity index (χ0n) is 14.8. The van der Waals surface area contributed by atoms with Gasteiger partial charge in [0.25, 0.3) is 0 Å². The number of nitrogens with zero attached hydrogens (tertiary/aromatic N) is 2. The van der Waals surface area contributed by atoms with Gasteiger partial charge in [-0.05, 0) is 26.2 Å². The third kappa shape index (κ3) is 10.8. The smallest absolute Gasteiger partial charge is 0.243 e. The van der Waals surface area contributed by atoms with Crippen molar-refractivity contribution in [1.82, 2.24) is 15.5 Å².